The van der Waals surface area contributed by atoms with Crippen LogP contribution in [0.2, 0.25) is 0 Å². The molecule has 0 spiro atoms. The van der Waals surface area contributed by atoms with Crippen LogP contribution in [-0.4, -0.2) is 29.6 Å². The van der Waals surface area contributed by atoms with Gasteiger partial charge in [0.1, 0.15) is 0 Å². The zero-order valence-electron chi connectivity index (χ0n) is 12.5. The van der Waals surface area contributed by atoms with Gasteiger partial charge in [0.15, 0.2) is 5.11 Å². The minimum atomic E-state index is 0.685. The lowest BCUT2D eigenvalue weighted by Crippen LogP contribution is -2.32. The fraction of sp³-hybridized carbons (Fsp3) is 0.562. The van der Waals surface area contributed by atoms with Crippen LogP contribution in [0.25, 0.3) is 0 Å². The molecule has 0 saturated carbocycles. The van der Waals surface area contributed by atoms with Crippen LogP contribution in [0.4, 0.5) is 5.69 Å². The molecule has 1 saturated heterocycles. The zero-order valence-corrected chi connectivity index (χ0v) is 13.3. The van der Waals surface area contributed by atoms with Gasteiger partial charge < -0.3 is 10.6 Å². The number of nitrogens with one attached hydrogen (secondary N) is 2. The van der Waals surface area contributed by atoms with Crippen molar-refractivity contribution < 1.29 is 0 Å². The number of thiocarbonyl (C=S) groups is 1. The normalized spacial score (nSPS) is 16.9. The molecule has 110 valence electrons. The summed E-state index contributed by atoms with van der Waals surface area (Å²) in [5, 5.41) is 6.96. The van der Waals surface area contributed by atoms with Crippen molar-refractivity contribution in [2.75, 3.05) is 25.0 Å². The standard InChI is InChI=1S/C16H25N3S/c1-3-17-16(20)18-15-6-4-14(5-7-15)12-19-10-8-13(2)9-11-19/h4-7,13H,3,8-12H2,1-2H3,(H2,17,18,20). The first-order valence-corrected chi connectivity index (χ1v) is 7.94. The molecule has 2 N–H and O–H groups in total. The number of nitrogens with zero attached hydrogens (tertiary/aromatic N) is 1. The van der Waals surface area contributed by atoms with Gasteiger partial charge >= 0.3 is 0 Å². The molecule has 0 aromatic heterocycles. The molecule has 0 bridgehead atoms. The average molecular weight is 291 g/mol. The van der Waals surface area contributed by atoms with E-state index >= 15 is 0 Å². The topological polar surface area (TPSA) is 27.3 Å². The highest BCUT2D eigenvalue weighted by Gasteiger charge is 2.15. The Labute approximate surface area is 127 Å². The highest BCUT2D eigenvalue weighted by atomic mass is 32.1. The summed E-state index contributed by atoms with van der Waals surface area (Å²) < 4.78 is 0. The Morgan fingerprint density at radius 2 is 1.90 bits per heavy atom. The molecule has 0 atom stereocenters. The summed E-state index contributed by atoms with van der Waals surface area (Å²) in [5.41, 5.74) is 2.42. The zero-order chi connectivity index (χ0) is 14.4. The summed E-state index contributed by atoms with van der Waals surface area (Å²) in [7, 11) is 0. The molecule has 4 heteroatoms. The molecule has 2 rings (SSSR count). The van der Waals surface area contributed by atoms with Crippen LogP contribution < -0.4 is 10.6 Å². The Kier molecular flexibility index (Phi) is 5.80. The van der Waals surface area contributed by atoms with Gasteiger partial charge in [-0.2, -0.15) is 0 Å². The Bertz CT molecular complexity index is 422. The molecule has 1 fully saturated rings. The predicted octanol–water partition coefficient (Wildman–Crippen LogP) is 3.22. The number of anilines is 1. The lowest BCUT2D eigenvalue weighted by molar-refractivity contribution is 0.185. The molecule has 0 radical (unpaired) electrons. The molecule has 1 heterocycles. The number of hydrogen-bond acceptors (Lipinski definition) is 2. The highest BCUT2D eigenvalue weighted by molar-refractivity contribution is 7.80. The van der Waals surface area contributed by atoms with Crippen molar-refractivity contribution in [2.45, 2.75) is 33.2 Å². The second-order valence-electron chi connectivity index (χ2n) is 5.64. The van der Waals surface area contributed by atoms with E-state index < -0.39 is 0 Å². The van der Waals surface area contributed by atoms with E-state index in [2.05, 4.69) is 46.7 Å². The van der Waals surface area contributed by atoms with Crippen LogP contribution in [0.3, 0.4) is 0 Å². The maximum Gasteiger partial charge on any atom is 0.170 e. The van der Waals surface area contributed by atoms with Crippen LogP contribution in [0.5, 0.6) is 0 Å². The third kappa shape index (κ3) is 4.76. The number of benzene rings is 1. The maximum absolute atomic E-state index is 5.18. The Morgan fingerprint density at radius 1 is 1.25 bits per heavy atom. The van der Waals surface area contributed by atoms with Crippen molar-refractivity contribution in [3.63, 3.8) is 0 Å². The van der Waals surface area contributed by atoms with Crippen molar-refractivity contribution in [2.24, 2.45) is 5.92 Å². The van der Waals surface area contributed by atoms with E-state index in [0.717, 1.165) is 24.7 Å². The predicted molar refractivity (Wildman–Crippen MR) is 90.0 cm³/mol. The smallest absolute Gasteiger partial charge is 0.170 e. The molecule has 3 nitrogen and oxygen atoms in total. The van der Waals surface area contributed by atoms with E-state index in [1.165, 1.54) is 31.5 Å². The van der Waals surface area contributed by atoms with Gasteiger partial charge in [-0.1, -0.05) is 19.1 Å². The number of likely N-dealkylation sites (tertiary alicyclic amines) is 1. The fourth-order valence-corrected chi connectivity index (χ4v) is 2.77. The SMILES string of the molecule is CCNC(=S)Nc1ccc(CN2CCC(C)CC2)cc1. The molecule has 1 aliphatic rings. The van der Waals surface area contributed by atoms with Crippen LogP contribution in [0.1, 0.15) is 32.3 Å². The van der Waals surface area contributed by atoms with Gasteiger partial charge in [0.2, 0.25) is 0 Å². The van der Waals surface area contributed by atoms with E-state index in [-0.39, 0.29) is 0 Å². The van der Waals surface area contributed by atoms with Crippen LogP contribution in [-0.2, 0) is 6.54 Å². The van der Waals surface area contributed by atoms with Crippen LogP contribution in [0.15, 0.2) is 24.3 Å². The average Bonchev–Trinajstić information content (AvgIpc) is 2.44. The van der Waals surface area contributed by atoms with Crippen LogP contribution >= 0.6 is 12.2 Å². The Morgan fingerprint density at radius 3 is 2.50 bits per heavy atom. The Hall–Kier alpha value is -1.13. The number of rotatable bonds is 4. The fourth-order valence-electron chi connectivity index (χ4n) is 2.51. The minimum absolute atomic E-state index is 0.685. The second-order valence-corrected chi connectivity index (χ2v) is 6.05. The summed E-state index contributed by atoms with van der Waals surface area (Å²) in [4.78, 5) is 2.55. The Balaban J connectivity index is 1.83. The molecule has 0 aliphatic carbocycles. The molecule has 0 amide bonds. The van der Waals surface area contributed by atoms with E-state index in [1.54, 1.807) is 0 Å². The maximum atomic E-state index is 5.18. The van der Waals surface area contributed by atoms with Gasteiger partial charge in [-0.25, -0.2) is 0 Å². The molecule has 1 aromatic rings. The summed E-state index contributed by atoms with van der Waals surface area (Å²) >= 11 is 5.18. The molecule has 1 aliphatic heterocycles. The second kappa shape index (κ2) is 7.60. The van der Waals surface area contributed by atoms with Gasteiger partial charge in [-0.15, -0.1) is 0 Å². The monoisotopic (exact) mass is 291 g/mol. The molecule has 0 unspecified atom stereocenters. The van der Waals surface area contributed by atoms with Crippen LogP contribution in [0, 0.1) is 5.92 Å². The first-order chi connectivity index (χ1) is 9.67. The number of hydrogen-bond donors (Lipinski definition) is 2. The van der Waals surface area contributed by atoms with Crippen molar-refractivity contribution in [1.82, 2.24) is 10.2 Å². The van der Waals surface area contributed by atoms with Crippen molar-refractivity contribution >= 4 is 23.0 Å². The molecule has 20 heavy (non-hydrogen) atoms. The third-order valence-electron chi connectivity index (χ3n) is 3.83. The quantitative estimate of drug-likeness (QED) is 0.833. The third-order valence-corrected chi connectivity index (χ3v) is 4.08. The molecular weight excluding hydrogens is 266 g/mol. The van der Waals surface area contributed by atoms with Gasteiger partial charge in [-0.05, 0) is 68.7 Å². The van der Waals surface area contributed by atoms with E-state index in [0.29, 0.717) is 5.11 Å². The highest BCUT2D eigenvalue weighted by Crippen LogP contribution is 2.18. The van der Waals surface area contributed by atoms with Gasteiger partial charge in [-0.3, -0.25) is 4.90 Å². The van der Waals surface area contributed by atoms with E-state index in [9.17, 15) is 0 Å². The summed E-state index contributed by atoms with van der Waals surface area (Å²) in [6.45, 7) is 8.75. The summed E-state index contributed by atoms with van der Waals surface area (Å²) in [5.74, 6) is 0.893. The lowest BCUT2D eigenvalue weighted by atomic mass is 9.99. The van der Waals surface area contributed by atoms with Gasteiger partial charge in [0.05, 0.1) is 0 Å². The summed E-state index contributed by atoms with van der Waals surface area (Å²) in [6.07, 6.45) is 2.66. The minimum Gasteiger partial charge on any atom is -0.363 e. The van der Waals surface area contributed by atoms with E-state index in [1.807, 2.05) is 6.92 Å². The summed E-state index contributed by atoms with van der Waals surface area (Å²) in [6, 6.07) is 8.58. The first kappa shape index (κ1) is 15.3. The van der Waals surface area contributed by atoms with Crippen molar-refractivity contribution in [1.29, 1.82) is 0 Å². The largest absolute Gasteiger partial charge is 0.363 e. The van der Waals surface area contributed by atoms with E-state index in [4.69, 9.17) is 12.2 Å². The number of piperidine rings is 1. The van der Waals surface area contributed by atoms with Gasteiger partial charge in [0, 0.05) is 18.8 Å². The van der Waals surface area contributed by atoms with Gasteiger partial charge in [0.25, 0.3) is 0 Å². The first-order valence-electron chi connectivity index (χ1n) is 7.53. The van der Waals surface area contributed by atoms with Crippen molar-refractivity contribution in [3.8, 4) is 0 Å². The van der Waals surface area contributed by atoms with Crippen molar-refractivity contribution in [3.05, 3.63) is 29.8 Å². The lowest BCUT2D eigenvalue weighted by Gasteiger charge is -2.30. The molecular formula is C16H25N3S. The molecule has 1 aromatic carbocycles.